The van der Waals surface area contributed by atoms with Gasteiger partial charge < -0.3 is 0 Å². The molecule has 0 unspecified atom stereocenters. The van der Waals surface area contributed by atoms with Gasteiger partial charge in [-0.25, -0.2) is 9.18 Å². The zero-order chi connectivity index (χ0) is 17.2. The number of hydrogen-bond acceptors (Lipinski definition) is 3. The van der Waals surface area contributed by atoms with E-state index < -0.39 is 17.1 Å². The van der Waals surface area contributed by atoms with Crippen LogP contribution in [0.25, 0.3) is 22.6 Å². The van der Waals surface area contributed by atoms with Crippen molar-refractivity contribution in [3.63, 3.8) is 0 Å². The smallest absolute Gasteiger partial charge is 0.280 e. The molecule has 0 bridgehead atoms. The Morgan fingerprint density at radius 3 is 2.50 bits per heavy atom. The van der Waals surface area contributed by atoms with Crippen molar-refractivity contribution in [1.82, 2.24) is 23.1 Å². The molecule has 0 N–H and O–H groups in total. The number of imidazole rings is 2. The Balaban J connectivity index is 2.24. The van der Waals surface area contributed by atoms with E-state index in [2.05, 4.69) is 4.98 Å². The molecule has 4 aromatic rings. The van der Waals surface area contributed by atoms with Crippen LogP contribution in [0.15, 0.2) is 40.1 Å². The van der Waals surface area contributed by atoms with Gasteiger partial charge in [-0.05, 0) is 19.1 Å². The lowest BCUT2D eigenvalue weighted by Crippen LogP contribution is -2.37. The minimum Gasteiger partial charge on any atom is -0.280 e. The van der Waals surface area contributed by atoms with Crippen molar-refractivity contribution < 1.29 is 4.39 Å². The van der Waals surface area contributed by atoms with Gasteiger partial charge >= 0.3 is 5.69 Å². The summed E-state index contributed by atoms with van der Waals surface area (Å²) in [5, 5.41) is 0. The van der Waals surface area contributed by atoms with Crippen LogP contribution in [0.2, 0.25) is 0 Å². The van der Waals surface area contributed by atoms with Crippen LogP contribution in [0.3, 0.4) is 0 Å². The van der Waals surface area contributed by atoms with Crippen LogP contribution in [0.5, 0.6) is 0 Å². The molecule has 0 amide bonds. The van der Waals surface area contributed by atoms with Gasteiger partial charge in [0, 0.05) is 26.0 Å². The average molecular weight is 327 g/mol. The van der Waals surface area contributed by atoms with Crippen molar-refractivity contribution in [2.75, 3.05) is 0 Å². The molecule has 0 aliphatic rings. The second-order valence-electron chi connectivity index (χ2n) is 5.72. The lowest BCUT2D eigenvalue weighted by atomic mass is 10.3. The number of aromatic nitrogens is 5. The summed E-state index contributed by atoms with van der Waals surface area (Å²) in [6.45, 7) is 1.80. The molecule has 0 fully saturated rings. The first-order valence-corrected chi connectivity index (χ1v) is 7.33. The maximum absolute atomic E-state index is 14.2. The minimum atomic E-state index is -0.456. The van der Waals surface area contributed by atoms with E-state index in [1.165, 1.54) is 17.7 Å². The SMILES string of the molecule is Cc1cn2c3c(=O)n(C)c(=O)n(C)c3nc2n1-c1ccccc1F. The third kappa shape index (κ3) is 1.67. The second kappa shape index (κ2) is 4.67. The predicted octanol–water partition coefficient (Wildman–Crippen LogP) is 1.12. The van der Waals surface area contributed by atoms with E-state index in [4.69, 9.17) is 0 Å². The Morgan fingerprint density at radius 1 is 1.08 bits per heavy atom. The quantitative estimate of drug-likeness (QED) is 0.526. The zero-order valence-corrected chi connectivity index (χ0v) is 13.3. The van der Waals surface area contributed by atoms with Gasteiger partial charge in [-0.2, -0.15) is 4.98 Å². The summed E-state index contributed by atoms with van der Waals surface area (Å²) < 4.78 is 19.8. The number of fused-ring (bicyclic) bond motifs is 3. The van der Waals surface area contributed by atoms with Gasteiger partial charge in [0.1, 0.15) is 5.82 Å². The third-order valence-electron chi connectivity index (χ3n) is 4.23. The molecule has 0 aliphatic carbocycles. The molecule has 0 radical (unpaired) electrons. The molecule has 0 aliphatic heterocycles. The van der Waals surface area contributed by atoms with Gasteiger partial charge in [-0.1, -0.05) is 12.1 Å². The van der Waals surface area contributed by atoms with Crippen LogP contribution in [-0.4, -0.2) is 23.1 Å². The van der Waals surface area contributed by atoms with E-state index in [0.29, 0.717) is 11.5 Å². The monoisotopic (exact) mass is 327 g/mol. The molecule has 122 valence electrons. The van der Waals surface area contributed by atoms with E-state index in [-0.39, 0.29) is 11.2 Å². The second-order valence-corrected chi connectivity index (χ2v) is 5.72. The molecule has 0 saturated heterocycles. The number of halogens is 1. The van der Waals surface area contributed by atoms with Crippen LogP contribution in [0.1, 0.15) is 5.69 Å². The Morgan fingerprint density at radius 2 is 1.79 bits per heavy atom. The number of benzene rings is 1. The highest BCUT2D eigenvalue weighted by atomic mass is 19.1. The fourth-order valence-corrected chi connectivity index (χ4v) is 3.02. The molecule has 0 spiro atoms. The van der Waals surface area contributed by atoms with E-state index in [9.17, 15) is 14.0 Å². The highest BCUT2D eigenvalue weighted by molar-refractivity contribution is 5.76. The first-order valence-electron chi connectivity index (χ1n) is 7.33. The highest BCUT2D eigenvalue weighted by Crippen LogP contribution is 2.22. The van der Waals surface area contributed by atoms with Gasteiger partial charge in [0.05, 0.1) is 5.69 Å². The number of hydrogen-bond donors (Lipinski definition) is 0. The molecular weight excluding hydrogens is 313 g/mol. The fourth-order valence-electron chi connectivity index (χ4n) is 3.02. The number of nitrogens with zero attached hydrogens (tertiary/aromatic N) is 5. The van der Waals surface area contributed by atoms with Crippen LogP contribution < -0.4 is 11.2 Å². The lowest BCUT2D eigenvalue weighted by Gasteiger charge is -2.06. The standard InChI is InChI=1S/C16H14FN5O2/c1-9-8-21-12-13(19(2)16(24)20(3)14(12)23)18-15(21)22(9)11-7-5-4-6-10(11)17/h4-8H,1-3H3. The molecular formula is C16H14FN5O2. The predicted molar refractivity (Wildman–Crippen MR) is 87.2 cm³/mol. The fraction of sp³-hybridized carbons (Fsp3) is 0.188. The maximum Gasteiger partial charge on any atom is 0.332 e. The normalized spacial score (nSPS) is 11.7. The van der Waals surface area contributed by atoms with Crippen LogP contribution in [0, 0.1) is 12.7 Å². The zero-order valence-electron chi connectivity index (χ0n) is 13.3. The lowest BCUT2D eigenvalue weighted by molar-refractivity contribution is 0.618. The van der Waals surface area contributed by atoms with Gasteiger partial charge in [0.15, 0.2) is 11.2 Å². The minimum absolute atomic E-state index is 0.267. The molecule has 1 aromatic carbocycles. The first kappa shape index (κ1) is 14.4. The van der Waals surface area contributed by atoms with Gasteiger partial charge in [0.2, 0.25) is 5.78 Å². The number of para-hydroxylation sites is 1. The van der Waals surface area contributed by atoms with Crippen LogP contribution >= 0.6 is 0 Å². The summed E-state index contributed by atoms with van der Waals surface area (Å²) in [7, 11) is 2.97. The topological polar surface area (TPSA) is 66.2 Å². The Bertz CT molecular complexity index is 1240. The summed E-state index contributed by atoms with van der Waals surface area (Å²) in [5.74, 6) is -0.0153. The van der Waals surface area contributed by atoms with Crippen molar-refractivity contribution in [2.45, 2.75) is 6.92 Å². The van der Waals surface area contributed by atoms with E-state index in [1.807, 2.05) is 0 Å². The Kier molecular flexibility index (Phi) is 2.81. The van der Waals surface area contributed by atoms with Crippen LogP contribution in [0.4, 0.5) is 4.39 Å². The third-order valence-corrected chi connectivity index (χ3v) is 4.23. The molecule has 4 rings (SSSR count). The molecule has 24 heavy (non-hydrogen) atoms. The van der Waals surface area contributed by atoms with Crippen molar-refractivity contribution in [1.29, 1.82) is 0 Å². The van der Waals surface area contributed by atoms with E-state index >= 15 is 0 Å². The number of aryl methyl sites for hydroxylation is 2. The summed E-state index contributed by atoms with van der Waals surface area (Å²) in [6.07, 6.45) is 1.71. The first-order chi connectivity index (χ1) is 11.4. The highest BCUT2D eigenvalue weighted by Gasteiger charge is 2.20. The Labute approximate surface area is 134 Å². The summed E-state index contributed by atoms with van der Waals surface area (Å²) >= 11 is 0. The molecule has 0 saturated carbocycles. The van der Waals surface area contributed by atoms with Crippen LogP contribution in [-0.2, 0) is 14.1 Å². The van der Waals surface area contributed by atoms with E-state index in [0.717, 1.165) is 10.3 Å². The van der Waals surface area contributed by atoms with Gasteiger partial charge in [-0.15, -0.1) is 0 Å². The number of rotatable bonds is 1. The van der Waals surface area contributed by atoms with Gasteiger partial charge in [-0.3, -0.25) is 22.9 Å². The molecule has 3 aromatic heterocycles. The Hall–Kier alpha value is -3.16. The van der Waals surface area contributed by atoms with E-state index in [1.54, 1.807) is 47.3 Å². The van der Waals surface area contributed by atoms with Crippen molar-refractivity contribution in [2.24, 2.45) is 14.1 Å². The van der Waals surface area contributed by atoms with Crippen molar-refractivity contribution in [3.8, 4) is 5.69 Å². The van der Waals surface area contributed by atoms with Gasteiger partial charge in [0.25, 0.3) is 5.56 Å². The molecule has 8 heteroatoms. The largest absolute Gasteiger partial charge is 0.332 e. The summed E-state index contributed by atoms with van der Waals surface area (Å²) in [6, 6.07) is 6.34. The molecule has 3 heterocycles. The summed E-state index contributed by atoms with van der Waals surface area (Å²) in [5.41, 5.74) is 0.715. The summed E-state index contributed by atoms with van der Waals surface area (Å²) in [4.78, 5) is 29.0. The van der Waals surface area contributed by atoms with Crippen molar-refractivity contribution in [3.05, 3.63) is 62.8 Å². The maximum atomic E-state index is 14.2. The van der Waals surface area contributed by atoms with Crippen molar-refractivity contribution >= 4 is 16.9 Å². The molecule has 7 nitrogen and oxygen atoms in total. The molecule has 0 atom stereocenters. The average Bonchev–Trinajstić information content (AvgIpc) is 3.06.